The third-order valence-electron chi connectivity index (χ3n) is 3.73. The van der Waals surface area contributed by atoms with Gasteiger partial charge in [-0.1, -0.05) is 0 Å². The summed E-state index contributed by atoms with van der Waals surface area (Å²) in [5.41, 5.74) is 0.652. The first-order valence-corrected chi connectivity index (χ1v) is 7.05. The summed E-state index contributed by atoms with van der Waals surface area (Å²) in [6.45, 7) is 6.23. The molecule has 1 aliphatic rings. The molecular formula is C14H24N4O2. The lowest BCUT2D eigenvalue weighted by atomic mass is 10.0. The molecular weight excluding hydrogens is 256 g/mol. The van der Waals surface area contributed by atoms with Crippen LogP contribution in [0.4, 0.5) is 0 Å². The van der Waals surface area contributed by atoms with E-state index in [4.69, 9.17) is 0 Å². The number of β-amino-alcohol motifs (C(OH)–C–C–N with tert-alkyl or cyclic N) is 1. The van der Waals surface area contributed by atoms with Gasteiger partial charge in [-0.2, -0.15) is 5.10 Å². The zero-order valence-corrected chi connectivity index (χ0v) is 12.8. The molecule has 2 heterocycles. The Kier molecular flexibility index (Phi) is 4.15. The lowest BCUT2D eigenvalue weighted by molar-refractivity contribution is 0.0235. The number of hydrogen-bond acceptors (Lipinski definition) is 4. The number of aliphatic hydroxyl groups is 1. The Hall–Kier alpha value is -1.40. The van der Waals surface area contributed by atoms with Crippen molar-refractivity contribution in [2.75, 3.05) is 33.7 Å². The lowest BCUT2D eigenvalue weighted by Crippen LogP contribution is -2.43. The van der Waals surface area contributed by atoms with Gasteiger partial charge in [-0.15, -0.1) is 0 Å². The van der Waals surface area contributed by atoms with E-state index in [2.05, 4.69) is 5.10 Å². The molecule has 6 heteroatoms. The summed E-state index contributed by atoms with van der Waals surface area (Å²) in [4.78, 5) is 16.1. The van der Waals surface area contributed by atoms with Gasteiger partial charge in [0.05, 0.1) is 12.1 Å². The van der Waals surface area contributed by atoms with E-state index in [9.17, 15) is 9.90 Å². The van der Waals surface area contributed by atoms with Crippen LogP contribution < -0.4 is 0 Å². The number of likely N-dealkylation sites (N-methyl/N-ethyl adjacent to an activating group) is 1. The summed E-state index contributed by atoms with van der Waals surface area (Å²) in [7, 11) is 3.85. The van der Waals surface area contributed by atoms with E-state index >= 15 is 0 Å². The van der Waals surface area contributed by atoms with Crippen LogP contribution in [-0.2, 0) is 6.54 Å². The molecule has 1 amide bonds. The van der Waals surface area contributed by atoms with Crippen molar-refractivity contribution in [2.45, 2.75) is 32.4 Å². The maximum absolute atomic E-state index is 12.4. The van der Waals surface area contributed by atoms with Gasteiger partial charge in [0.15, 0.2) is 5.69 Å². The molecule has 2 rings (SSSR count). The van der Waals surface area contributed by atoms with E-state index in [0.29, 0.717) is 31.7 Å². The van der Waals surface area contributed by atoms with E-state index in [-0.39, 0.29) is 5.91 Å². The molecule has 1 fully saturated rings. The third-order valence-corrected chi connectivity index (χ3v) is 3.73. The average Bonchev–Trinajstić information content (AvgIpc) is 2.91. The highest BCUT2D eigenvalue weighted by molar-refractivity contribution is 5.92. The SMILES string of the molecule is CCn1nc(C(=O)N2CC[C@](O)(CN(C)C)C2)cc1C. The average molecular weight is 280 g/mol. The van der Waals surface area contributed by atoms with E-state index in [1.165, 1.54) is 0 Å². The molecule has 1 aromatic heterocycles. The van der Waals surface area contributed by atoms with Gasteiger partial charge in [-0.05, 0) is 40.4 Å². The van der Waals surface area contributed by atoms with Crippen molar-refractivity contribution in [3.05, 3.63) is 17.5 Å². The van der Waals surface area contributed by atoms with Crippen molar-refractivity contribution in [1.82, 2.24) is 19.6 Å². The molecule has 0 unspecified atom stereocenters. The minimum absolute atomic E-state index is 0.0880. The molecule has 0 saturated carbocycles. The van der Waals surface area contributed by atoms with Crippen LogP contribution in [0.5, 0.6) is 0 Å². The fourth-order valence-corrected chi connectivity index (χ4v) is 2.84. The number of likely N-dealkylation sites (tertiary alicyclic amines) is 1. The van der Waals surface area contributed by atoms with Crippen LogP contribution in [0.1, 0.15) is 29.5 Å². The van der Waals surface area contributed by atoms with Gasteiger partial charge in [0.2, 0.25) is 0 Å². The van der Waals surface area contributed by atoms with Crippen molar-refractivity contribution in [1.29, 1.82) is 0 Å². The van der Waals surface area contributed by atoms with Crippen molar-refractivity contribution in [3.63, 3.8) is 0 Å². The van der Waals surface area contributed by atoms with Crippen LogP contribution in [-0.4, -0.2) is 69.9 Å². The Balaban J connectivity index is 2.07. The number of nitrogens with zero attached hydrogens (tertiary/aromatic N) is 4. The molecule has 0 aliphatic carbocycles. The monoisotopic (exact) mass is 280 g/mol. The number of aromatic nitrogens is 2. The van der Waals surface area contributed by atoms with Crippen molar-refractivity contribution < 1.29 is 9.90 Å². The summed E-state index contributed by atoms with van der Waals surface area (Å²) in [6, 6.07) is 1.81. The maximum atomic E-state index is 12.4. The highest BCUT2D eigenvalue weighted by Crippen LogP contribution is 2.23. The maximum Gasteiger partial charge on any atom is 0.274 e. The van der Waals surface area contributed by atoms with Crippen LogP contribution in [0, 0.1) is 6.92 Å². The summed E-state index contributed by atoms with van der Waals surface area (Å²) in [5.74, 6) is -0.0880. The normalized spacial score (nSPS) is 22.8. The Morgan fingerprint density at radius 3 is 2.80 bits per heavy atom. The van der Waals surface area contributed by atoms with Crippen molar-refractivity contribution in [2.24, 2.45) is 0 Å². The molecule has 112 valence electrons. The predicted molar refractivity (Wildman–Crippen MR) is 76.7 cm³/mol. The minimum atomic E-state index is -0.804. The van der Waals surface area contributed by atoms with Crippen LogP contribution in [0.2, 0.25) is 0 Å². The molecule has 0 spiro atoms. The number of carbonyl (C=O) groups is 1. The van der Waals surface area contributed by atoms with E-state index in [1.807, 2.05) is 43.6 Å². The fraction of sp³-hybridized carbons (Fsp3) is 0.714. The minimum Gasteiger partial charge on any atom is -0.387 e. The largest absolute Gasteiger partial charge is 0.387 e. The van der Waals surface area contributed by atoms with E-state index < -0.39 is 5.60 Å². The number of aryl methyl sites for hydroxylation is 2. The standard InChI is InChI=1S/C14H24N4O2/c1-5-18-11(2)8-12(15-18)13(19)17-7-6-14(20,10-17)9-16(3)4/h8,20H,5-7,9-10H2,1-4H3/t14-/m0/s1. The molecule has 0 bridgehead atoms. The van der Waals surface area contributed by atoms with Gasteiger partial charge in [-0.3, -0.25) is 9.48 Å². The molecule has 0 radical (unpaired) electrons. The van der Waals surface area contributed by atoms with Crippen molar-refractivity contribution in [3.8, 4) is 0 Å². The molecule has 1 saturated heterocycles. The highest BCUT2D eigenvalue weighted by Gasteiger charge is 2.39. The van der Waals surface area contributed by atoms with Gasteiger partial charge in [0.25, 0.3) is 5.91 Å². The first-order chi connectivity index (χ1) is 9.34. The molecule has 6 nitrogen and oxygen atoms in total. The summed E-state index contributed by atoms with van der Waals surface area (Å²) in [6.07, 6.45) is 0.615. The van der Waals surface area contributed by atoms with E-state index in [0.717, 1.165) is 12.2 Å². The Bertz CT molecular complexity index is 497. The topological polar surface area (TPSA) is 61.6 Å². The second kappa shape index (κ2) is 5.54. The Labute approximate surface area is 120 Å². The zero-order chi connectivity index (χ0) is 14.9. The zero-order valence-electron chi connectivity index (χ0n) is 12.8. The van der Waals surface area contributed by atoms with Gasteiger partial charge >= 0.3 is 0 Å². The summed E-state index contributed by atoms with van der Waals surface area (Å²) < 4.78 is 1.81. The number of amides is 1. The molecule has 1 aromatic rings. The number of hydrogen-bond donors (Lipinski definition) is 1. The second-order valence-electron chi connectivity index (χ2n) is 5.93. The Morgan fingerprint density at radius 1 is 1.55 bits per heavy atom. The van der Waals surface area contributed by atoms with Gasteiger partial charge in [0.1, 0.15) is 0 Å². The number of rotatable bonds is 4. The van der Waals surface area contributed by atoms with Crippen LogP contribution in [0.3, 0.4) is 0 Å². The van der Waals surface area contributed by atoms with Crippen LogP contribution >= 0.6 is 0 Å². The molecule has 1 atom stereocenters. The van der Waals surface area contributed by atoms with Gasteiger partial charge < -0.3 is 14.9 Å². The molecule has 1 aliphatic heterocycles. The highest BCUT2D eigenvalue weighted by atomic mass is 16.3. The van der Waals surface area contributed by atoms with Crippen LogP contribution in [0.25, 0.3) is 0 Å². The smallest absolute Gasteiger partial charge is 0.274 e. The first-order valence-electron chi connectivity index (χ1n) is 7.05. The van der Waals surface area contributed by atoms with Crippen molar-refractivity contribution >= 4 is 5.91 Å². The Morgan fingerprint density at radius 2 is 2.25 bits per heavy atom. The molecule has 1 N–H and O–H groups in total. The molecule has 20 heavy (non-hydrogen) atoms. The molecule has 0 aromatic carbocycles. The quantitative estimate of drug-likeness (QED) is 0.864. The fourth-order valence-electron chi connectivity index (χ4n) is 2.84. The third kappa shape index (κ3) is 3.02. The van der Waals surface area contributed by atoms with Gasteiger partial charge in [0, 0.05) is 25.3 Å². The second-order valence-corrected chi connectivity index (χ2v) is 5.93. The summed E-state index contributed by atoms with van der Waals surface area (Å²) >= 11 is 0. The van der Waals surface area contributed by atoms with Crippen LogP contribution in [0.15, 0.2) is 6.07 Å². The lowest BCUT2D eigenvalue weighted by Gasteiger charge is -2.26. The number of carbonyl (C=O) groups excluding carboxylic acids is 1. The summed E-state index contributed by atoms with van der Waals surface area (Å²) in [5, 5.41) is 14.8. The van der Waals surface area contributed by atoms with Gasteiger partial charge in [-0.25, -0.2) is 0 Å². The predicted octanol–water partition coefficient (Wildman–Crippen LogP) is 0.350. The van der Waals surface area contributed by atoms with E-state index in [1.54, 1.807) is 4.90 Å². The first kappa shape index (κ1) is 15.0.